The molecular weight excluding hydrogens is 194 g/mol. The van der Waals surface area contributed by atoms with E-state index >= 15 is 0 Å². The van der Waals surface area contributed by atoms with Crippen LogP contribution in [0, 0.1) is 19.3 Å². The zero-order valence-electron chi connectivity index (χ0n) is 7.78. The molecule has 0 aliphatic carbocycles. The predicted molar refractivity (Wildman–Crippen MR) is 58.7 cm³/mol. The van der Waals surface area contributed by atoms with Crippen molar-refractivity contribution in [2.75, 3.05) is 6.61 Å². The summed E-state index contributed by atoms with van der Waals surface area (Å²) in [6.45, 7) is 2.29. The fourth-order valence-electron chi connectivity index (χ4n) is 1.24. The van der Waals surface area contributed by atoms with E-state index in [9.17, 15) is 0 Å². The van der Waals surface area contributed by atoms with Crippen molar-refractivity contribution in [3.8, 4) is 18.1 Å². The summed E-state index contributed by atoms with van der Waals surface area (Å²) in [6.07, 6.45) is 5.10. The standard InChI is InChI=1S/C11H9NOS/c1-3-6-13-9-4-5-11-10(7-9)12-8(2)14-11/h1,4-5,7H,6H2,2H3. The van der Waals surface area contributed by atoms with Crippen LogP contribution in [0.15, 0.2) is 18.2 Å². The molecule has 0 fully saturated rings. The molecule has 2 nitrogen and oxygen atoms in total. The van der Waals surface area contributed by atoms with Crippen molar-refractivity contribution in [2.24, 2.45) is 0 Å². The molecule has 0 N–H and O–H groups in total. The third-order valence-corrected chi connectivity index (χ3v) is 2.74. The van der Waals surface area contributed by atoms with Gasteiger partial charge in [0.15, 0.2) is 0 Å². The Hall–Kier alpha value is -1.53. The average molecular weight is 203 g/mol. The van der Waals surface area contributed by atoms with Crippen LogP contribution < -0.4 is 4.74 Å². The van der Waals surface area contributed by atoms with E-state index in [2.05, 4.69) is 10.9 Å². The minimum absolute atomic E-state index is 0.300. The third-order valence-electron chi connectivity index (χ3n) is 1.79. The van der Waals surface area contributed by atoms with Gasteiger partial charge < -0.3 is 4.74 Å². The molecule has 14 heavy (non-hydrogen) atoms. The van der Waals surface area contributed by atoms with Gasteiger partial charge in [-0.3, -0.25) is 0 Å². The van der Waals surface area contributed by atoms with E-state index in [1.807, 2.05) is 25.1 Å². The van der Waals surface area contributed by atoms with Crippen molar-refractivity contribution < 1.29 is 4.74 Å². The topological polar surface area (TPSA) is 22.1 Å². The van der Waals surface area contributed by atoms with Gasteiger partial charge >= 0.3 is 0 Å². The molecule has 0 saturated carbocycles. The summed E-state index contributed by atoms with van der Waals surface area (Å²) in [5, 5.41) is 1.06. The van der Waals surface area contributed by atoms with Gasteiger partial charge in [-0.15, -0.1) is 17.8 Å². The number of hydrogen-bond acceptors (Lipinski definition) is 3. The molecule has 0 aliphatic heterocycles. The van der Waals surface area contributed by atoms with E-state index in [0.29, 0.717) is 6.61 Å². The Kier molecular flexibility index (Phi) is 2.38. The average Bonchev–Trinajstić information content (AvgIpc) is 2.54. The molecule has 2 rings (SSSR count). The van der Waals surface area contributed by atoms with Crippen LogP contribution in [0.1, 0.15) is 5.01 Å². The summed E-state index contributed by atoms with van der Waals surface area (Å²) in [5.74, 6) is 3.21. The summed E-state index contributed by atoms with van der Waals surface area (Å²) in [7, 11) is 0. The quantitative estimate of drug-likeness (QED) is 0.700. The Morgan fingerprint density at radius 3 is 3.21 bits per heavy atom. The molecular formula is C11H9NOS. The molecule has 1 aromatic heterocycles. The zero-order chi connectivity index (χ0) is 9.97. The van der Waals surface area contributed by atoms with E-state index in [-0.39, 0.29) is 0 Å². The highest BCUT2D eigenvalue weighted by atomic mass is 32.1. The number of nitrogens with zero attached hydrogens (tertiary/aromatic N) is 1. The summed E-state index contributed by atoms with van der Waals surface area (Å²) in [5.41, 5.74) is 0.974. The fraction of sp³-hybridized carbons (Fsp3) is 0.182. The highest BCUT2D eigenvalue weighted by molar-refractivity contribution is 7.18. The SMILES string of the molecule is C#CCOc1ccc2sc(C)nc2c1. The van der Waals surface area contributed by atoms with Crippen LogP contribution in [-0.4, -0.2) is 11.6 Å². The molecule has 0 radical (unpaired) electrons. The van der Waals surface area contributed by atoms with E-state index < -0.39 is 0 Å². The second-order valence-electron chi connectivity index (χ2n) is 2.86. The number of aryl methyl sites for hydroxylation is 1. The first-order valence-corrected chi connectivity index (χ1v) is 5.05. The largest absolute Gasteiger partial charge is 0.481 e. The molecule has 1 aromatic carbocycles. The third kappa shape index (κ3) is 1.70. The van der Waals surface area contributed by atoms with Gasteiger partial charge in [0, 0.05) is 6.07 Å². The van der Waals surface area contributed by atoms with Crippen LogP contribution in [0.25, 0.3) is 10.2 Å². The molecule has 1 heterocycles. The molecule has 0 aliphatic rings. The highest BCUT2D eigenvalue weighted by Crippen LogP contribution is 2.25. The highest BCUT2D eigenvalue weighted by Gasteiger charge is 2.01. The van der Waals surface area contributed by atoms with Crippen LogP contribution in [-0.2, 0) is 0 Å². The van der Waals surface area contributed by atoms with Crippen molar-refractivity contribution in [1.82, 2.24) is 4.98 Å². The van der Waals surface area contributed by atoms with Crippen molar-refractivity contribution in [2.45, 2.75) is 6.92 Å². The second-order valence-corrected chi connectivity index (χ2v) is 4.09. The van der Waals surface area contributed by atoms with Gasteiger partial charge in [0.1, 0.15) is 12.4 Å². The predicted octanol–water partition coefficient (Wildman–Crippen LogP) is 2.62. The maximum absolute atomic E-state index is 5.30. The first-order chi connectivity index (χ1) is 6.79. The van der Waals surface area contributed by atoms with Crippen molar-refractivity contribution in [3.63, 3.8) is 0 Å². The van der Waals surface area contributed by atoms with Gasteiger partial charge in [-0.25, -0.2) is 4.98 Å². The van der Waals surface area contributed by atoms with Gasteiger partial charge in [-0.2, -0.15) is 0 Å². The monoisotopic (exact) mass is 203 g/mol. The van der Waals surface area contributed by atoms with Gasteiger partial charge in [-0.05, 0) is 19.1 Å². The van der Waals surface area contributed by atoms with Gasteiger partial charge in [-0.1, -0.05) is 5.92 Å². The molecule has 3 heteroatoms. The van der Waals surface area contributed by atoms with Crippen molar-refractivity contribution in [1.29, 1.82) is 0 Å². The number of thiazole rings is 1. The Balaban J connectivity index is 2.36. The fourth-order valence-corrected chi connectivity index (χ4v) is 2.04. The number of rotatable bonds is 2. The lowest BCUT2D eigenvalue weighted by molar-refractivity contribution is 0.371. The number of aromatic nitrogens is 1. The molecule has 70 valence electrons. The normalized spacial score (nSPS) is 10.0. The van der Waals surface area contributed by atoms with E-state index in [4.69, 9.17) is 11.2 Å². The lowest BCUT2D eigenvalue weighted by atomic mass is 10.3. The molecule has 0 atom stereocenters. The Morgan fingerprint density at radius 2 is 2.43 bits per heavy atom. The smallest absolute Gasteiger partial charge is 0.148 e. The van der Waals surface area contributed by atoms with E-state index in [1.54, 1.807) is 11.3 Å². The zero-order valence-corrected chi connectivity index (χ0v) is 8.60. The van der Waals surface area contributed by atoms with E-state index in [1.165, 1.54) is 4.70 Å². The molecule has 0 spiro atoms. The van der Waals surface area contributed by atoms with Crippen molar-refractivity contribution in [3.05, 3.63) is 23.2 Å². The van der Waals surface area contributed by atoms with Crippen LogP contribution in [0.2, 0.25) is 0 Å². The first kappa shape index (κ1) is 9.04. The Morgan fingerprint density at radius 1 is 1.57 bits per heavy atom. The maximum Gasteiger partial charge on any atom is 0.148 e. The lowest BCUT2D eigenvalue weighted by Gasteiger charge is -2.00. The molecule has 0 amide bonds. The second kappa shape index (κ2) is 3.69. The minimum Gasteiger partial charge on any atom is -0.481 e. The number of benzene rings is 1. The molecule has 0 unspecified atom stereocenters. The summed E-state index contributed by atoms with van der Waals surface area (Å²) in [4.78, 5) is 4.37. The van der Waals surface area contributed by atoms with Crippen LogP contribution >= 0.6 is 11.3 Å². The van der Waals surface area contributed by atoms with Gasteiger partial charge in [0.2, 0.25) is 0 Å². The molecule has 0 saturated heterocycles. The minimum atomic E-state index is 0.300. The van der Waals surface area contributed by atoms with Gasteiger partial charge in [0.05, 0.1) is 15.2 Å². The number of ether oxygens (including phenoxy) is 1. The number of fused-ring (bicyclic) bond motifs is 1. The Bertz CT molecular complexity index is 495. The lowest BCUT2D eigenvalue weighted by Crippen LogP contribution is -1.92. The first-order valence-electron chi connectivity index (χ1n) is 4.23. The maximum atomic E-state index is 5.30. The van der Waals surface area contributed by atoms with Crippen molar-refractivity contribution >= 4 is 21.6 Å². The van der Waals surface area contributed by atoms with E-state index in [0.717, 1.165) is 16.3 Å². The number of hydrogen-bond donors (Lipinski definition) is 0. The number of terminal acetylenes is 1. The van der Waals surface area contributed by atoms with Gasteiger partial charge in [0.25, 0.3) is 0 Å². The summed E-state index contributed by atoms with van der Waals surface area (Å²) in [6, 6.07) is 5.83. The summed E-state index contributed by atoms with van der Waals surface area (Å²) >= 11 is 1.68. The summed E-state index contributed by atoms with van der Waals surface area (Å²) < 4.78 is 6.48. The van der Waals surface area contributed by atoms with Crippen LogP contribution in [0.4, 0.5) is 0 Å². The molecule has 2 aromatic rings. The molecule has 0 bridgehead atoms. The van der Waals surface area contributed by atoms with Crippen LogP contribution in [0.5, 0.6) is 5.75 Å². The Labute approximate surface area is 86.5 Å². The van der Waals surface area contributed by atoms with Crippen LogP contribution in [0.3, 0.4) is 0 Å².